The summed E-state index contributed by atoms with van der Waals surface area (Å²) in [4.78, 5) is 19.0. The fourth-order valence-electron chi connectivity index (χ4n) is 2.89. The van der Waals surface area contributed by atoms with Crippen LogP contribution in [0.25, 0.3) is 11.0 Å². The number of hydrogen-bond donors (Lipinski definition) is 2. The van der Waals surface area contributed by atoms with Crippen LogP contribution in [-0.2, 0) is 6.18 Å². The monoisotopic (exact) mass is 366 g/mol. The fraction of sp³-hybridized carbons (Fsp3) is 0.353. The average Bonchev–Trinajstić information content (AvgIpc) is 2.89. The Kier molecular flexibility index (Phi) is 4.35. The lowest BCUT2D eigenvalue weighted by atomic mass is 10.0. The van der Waals surface area contributed by atoms with Crippen molar-refractivity contribution in [1.82, 2.24) is 19.7 Å². The van der Waals surface area contributed by atoms with E-state index in [1.807, 2.05) is 0 Å². The molecule has 0 radical (unpaired) electrons. The molecule has 0 saturated heterocycles. The molecule has 9 heteroatoms. The minimum absolute atomic E-state index is 0.313. The molecular formula is C17H17F3N4O2. The van der Waals surface area contributed by atoms with Crippen molar-refractivity contribution in [2.75, 3.05) is 0 Å². The molecular weight excluding hydrogens is 349 g/mol. The Balaban J connectivity index is 2.00. The van der Waals surface area contributed by atoms with Gasteiger partial charge in [-0.1, -0.05) is 12.1 Å². The van der Waals surface area contributed by atoms with Crippen LogP contribution in [0.15, 0.2) is 29.1 Å². The zero-order valence-electron chi connectivity index (χ0n) is 14.3. The zero-order chi connectivity index (χ0) is 19.2. The van der Waals surface area contributed by atoms with Crippen molar-refractivity contribution in [3.05, 3.63) is 57.3 Å². The molecule has 138 valence electrons. The van der Waals surface area contributed by atoms with Gasteiger partial charge >= 0.3 is 6.18 Å². The highest BCUT2D eigenvalue weighted by atomic mass is 19.4. The quantitative estimate of drug-likeness (QED) is 0.746. The van der Waals surface area contributed by atoms with Crippen LogP contribution in [0.1, 0.15) is 41.7 Å². The number of nitrogens with one attached hydrogen (secondary N) is 1. The molecule has 2 heterocycles. The van der Waals surface area contributed by atoms with Crippen LogP contribution in [0.4, 0.5) is 13.2 Å². The van der Waals surface area contributed by atoms with Gasteiger partial charge in [0.1, 0.15) is 17.3 Å². The van der Waals surface area contributed by atoms with Gasteiger partial charge in [0, 0.05) is 0 Å². The van der Waals surface area contributed by atoms with Crippen molar-refractivity contribution in [2.45, 2.75) is 39.1 Å². The Hall–Kier alpha value is -2.68. The van der Waals surface area contributed by atoms with Gasteiger partial charge in [-0.05, 0) is 38.5 Å². The first-order chi connectivity index (χ1) is 12.1. The second-order valence-electron chi connectivity index (χ2n) is 6.19. The van der Waals surface area contributed by atoms with E-state index in [0.717, 1.165) is 12.1 Å². The summed E-state index contributed by atoms with van der Waals surface area (Å²) >= 11 is 0. The second kappa shape index (κ2) is 6.24. The molecule has 2 aromatic heterocycles. The molecule has 2 unspecified atom stereocenters. The van der Waals surface area contributed by atoms with Crippen molar-refractivity contribution >= 4 is 11.0 Å². The smallest absolute Gasteiger partial charge is 0.386 e. The fourth-order valence-corrected chi connectivity index (χ4v) is 2.89. The van der Waals surface area contributed by atoms with Gasteiger partial charge in [-0.15, -0.1) is 0 Å². The van der Waals surface area contributed by atoms with E-state index < -0.39 is 23.9 Å². The molecule has 0 fully saturated rings. The van der Waals surface area contributed by atoms with E-state index in [-0.39, 0.29) is 5.56 Å². The molecule has 0 aliphatic heterocycles. The normalized spacial score (nSPS) is 14.6. The van der Waals surface area contributed by atoms with E-state index in [1.54, 1.807) is 20.8 Å². The lowest BCUT2D eigenvalue weighted by molar-refractivity contribution is -0.137. The van der Waals surface area contributed by atoms with Gasteiger partial charge in [0.15, 0.2) is 5.65 Å². The number of aromatic amines is 1. The summed E-state index contributed by atoms with van der Waals surface area (Å²) in [6.45, 7) is 4.94. The summed E-state index contributed by atoms with van der Waals surface area (Å²) in [5.41, 5.74) is -0.0198. The molecule has 0 spiro atoms. The molecule has 1 aromatic carbocycles. The number of halogens is 3. The molecule has 3 rings (SSSR count). The Morgan fingerprint density at radius 3 is 2.38 bits per heavy atom. The summed E-state index contributed by atoms with van der Waals surface area (Å²) in [7, 11) is 0. The van der Waals surface area contributed by atoms with E-state index in [1.165, 1.54) is 16.8 Å². The number of aryl methyl sites for hydroxylation is 2. The van der Waals surface area contributed by atoms with Gasteiger partial charge in [-0.2, -0.15) is 18.3 Å². The van der Waals surface area contributed by atoms with Crippen LogP contribution in [0.5, 0.6) is 0 Å². The number of aromatic nitrogens is 4. The first-order valence-corrected chi connectivity index (χ1v) is 7.90. The third-order valence-electron chi connectivity index (χ3n) is 4.28. The molecule has 6 nitrogen and oxygen atoms in total. The van der Waals surface area contributed by atoms with E-state index >= 15 is 0 Å². The van der Waals surface area contributed by atoms with Crippen LogP contribution in [0.2, 0.25) is 0 Å². The SMILES string of the molecule is Cc1nc2c(c(C)nn2C(C)C(O)c2ccc(C(F)(F)F)cc2)c(=O)[nH]1. The van der Waals surface area contributed by atoms with Gasteiger partial charge in [0.05, 0.1) is 17.3 Å². The van der Waals surface area contributed by atoms with Crippen LogP contribution in [-0.4, -0.2) is 24.9 Å². The highest BCUT2D eigenvalue weighted by molar-refractivity contribution is 5.77. The number of fused-ring (bicyclic) bond motifs is 1. The average molecular weight is 366 g/mol. The summed E-state index contributed by atoms with van der Waals surface area (Å²) in [5, 5.41) is 15.2. The van der Waals surface area contributed by atoms with Crippen molar-refractivity contribution in [2.24, 2.45) is 0 Å². The van der Waals surface area contributed by atoms with E-state index in [9.17, 15) is 23.1 Å². The number of hydrogen-bond acceptors (Lipinski definition) is 4. The van der Waals surface area contributed by atoms with Crippen molar-refractivity contribution < 1.29 is 18.3 Å². The number of H-pyrrole nitrogens is 1. The summed E-state index contributed by atoms with van der Waals surface area (Å²) in [6, 6.07) is 3.66. The molecule has 0 amide bonds. The number of alkyl halides is 3. The van der Waals surface area contributed by atoms with E-state index in [0.29, 0.717) is 28.1 Å². The Labute approximate surface area is 146 Å². The molecule has 0 saturated carbocycles. The van der Waals surface area contributed by atoms with E-state index in [2.05, 4.69) is 15.1 Å². The van der Waals surface area contributed by atoms with Crippen LogP contribution < -0.4 is 5.56 Å². The lowest BCUT2D eigenvalue weighted by Gasteiger charge is -2.20. The molecule has 0 aliphatic carbocycles. The van der Waals surface area contributed by atoms with Gasteiger partial charge in [0.25, 0.3) is 5.56 Å². The van der Waals surface area contributed by atoms with Crippen LogP contribution >= 0.6 is 0 Å². The highest BCUT2D eigenvalue weighted by Gasteiger charge is 2.31. The van der Waals surface area contributed by atoms with Gasteiger partial charge in [0.2, 0.25) is 0 Å². The number of aliphatic hydroxyl groups excluding tert-OH is 1. The van der Waals surface area contributed by atoms with Gasteiger partial charge in [-0.3, -0.25) is 4.79 Å². The molecule has 3 aromatic rings. The molecule has 2 atom stereocenters. The number of aliphatic hydroxyl groups is 1. The largest absolute Gasteiger partial charge is 0.416 e. The molecule has 2 N–H and O–H groups in total. The maximum Gasteiger partial charge on any atom is 0.416 e. The van der Waals surface area contributed by atoms with Crippen LogP contribution in [0.3, 0.4) is 0 Å². The number of rotatable bonds is 3. The first kappa shape index (κ1) is 18.1. The number of benzene rings is 1. The van der Waals surface area contributed by atoms with Gasteiger partial charge in [-0.25, -0.2) is 9.67 Å². The standard InChI is InChI=1S/C17H17F3N4O2/c1-8-13-15(21-10(3)22-16(13)26)24(23-8)9(2)14(25)11-4-6-12(7-5-11)17(18,19)20/h4-7,9,14,25H,1-3H3,(H,21,22,26). The summed E-state index contributed by atoms with van der Waals surface area (Å²) in [5.74, 6) is 0.403. The first-order valence-electron chi connectivity index (χ1n) is 7.90. The minimum Gasteiger partial charge on any atom is -0.386 e. The third-order valence-corrected chi connectivity index (χ3v) is 4.28. The predicted molar refractivity (Wildman–Crippen MR) is 88.7 cm³/mol. The molecule has 0 bridgehead atoms. The zero-order valence-corrected chi connectivity index (χ0v) is 14.3. The van der Waals surface area contributed by atoms with E-state index in [4.69, 9.17) is 0 Å². The topological polar surface area (TPSA) is 83.8 Å². The van der Waals surface area contributed by atoms with Gasteiger partial charge < -0.3 is 10.1 Å². The van der Waals surface area contributed by atoms with Crippen LogP contribution in [0, 0.1) is 13.8 Å². The third kappa shape index (κ3) is 3.10. The van der Waals surface area contributed by atoms with Crippen molar-refractivity contribution in [3.8, 4) is 0 Å². The maximum absolute atomic E-state index is 12.7. The summed E-state index contributed by atoms with van der Waals surface area (Å²) < 4.78 is 39.5. The number of nitrogens with zero attached hydrogens (tertiary/aromatic N) is 3. The Morgan fingerprint density at radius 1 is 1.19 bits per heavy atom. The molecule has 0 aliphatic rings. The highest BCUT2D eigenvalue weighted by Crippen LogP contribution is 2.32. The second-order valence-corrected chi connectivity index (χ2v) is 6.19. The van der Waals surface area contributed by atoms with Crippen molar-refractivity contribution in [3.63, 3.8) is 0 Å². The Morgan fingerprint density at radius 2 is 1.81 bits per heavy atom. The maximum atomic E-state index is 12.7. The lowest BCUT2D eigenvalue weighted by Crippen LogP contribution is -2.18. The summed E-state index contributed by atoms with van der Waals surface area (Å²) in [6.07, 6.45) is -5.56. The van der Waals surface area contributed by atoms with Crippen molar-refractivity contribution in [1.29, 1.82) is 0 Å². The molecule has 26 heavy (non-hydrogen) atoms. The minimum atomic E-state index is -4.44. The Bertz CT molecular complexity index is 1010. The predicted octanol–water partition coefficient (Wildman–Crippen LogP) is 3.05.